The molecule has 4 amide bonds. The minimum Gasteiger partial charge on any atom is -0.494 e. The maximum absolute atomic E-state index is 13.4. The molecule has 2 heterocycles. The van der Waals surface area contributed by atoms with Crippen molar-refractivity contribution in [2.24, 2.45) is 0 Å². The zero-order valence-corrected chi connectivity index (χ0v) is 20.5. The van der Waals surface area contributed by atoms with Gasteiger partial charge in [-0.15, -0.1) is 0 Å². The van der Waals surface area contributed by atoms with Crippen LogP contribution in [0, 0.1) is 6.92 Å². The van der Waals surface area contributed by atoms with E-state index in [-0.39, 0.29) is 12.3 Å². The summed E-state index contributed by atoms with van der Waals surface area (Å²) in [7, 11) is 0. The molecule has 0 saturated carbocycles. The van der Waals surface area contributed by atoms with Gasteiger partial charge in [0.25, 0.3) is 5.91 Å². The van der Waals surface area contributed by atoms with E-state index in [0.717, 1.165) is 23.3 Å². The summed E-state index contributed by atoms with van der Waals surface area (Å²) in [6.07, 6.45) is 4.69. The van der Waals surface area contributed by atoms with Crippen molar-refractivity contribution >= 4 is 29.2 Å². The highest BCUT2D eigenvalue weighted by molar-refractivity contribution is 6.22. The summed E-state index contributed by atoms with van der Waals surface area (Å²) < 4.78 is 5.58. The van der Waals surface area contributed by atoms with Crippen molar-refractivity contribution in [1.82, 2.24) is 9.88 Å². The first-order chi connectivity index (χ1) is 17.5. The van der Waals surface area contributed by atoms with Crippen LogP contribution in [0.4, 0.5) is 16.2 Å². The third-order valence-electron chi connectivity index (χ3n) is 5.99. The van der Waals surface area contributed by atoms with E-state index < -0.39 is 18.0 Å². The Balaban J connectivity index is 1.49. The topological polar surface area (TPSA) is 91.8 Å². The standard InChI is InChI=1S/C28H30N4O4/c1-3-18-36-24-10-6-22(7-11-24)30-26(33)19-25-27(34)32(23-8-4-20(2)5-9-23)28(35)31(25)17-14-21-12-15-29-16-13-21/h4-13,15-16,25H,3,14,17-19H2,1-2H3,(H,30,33)/t25-/m1/s1. The number of anilines is 2. The predicted octanol–water partition coefficient (Wildman–Crippen LogP) is 4.59. The first kappa shape index (κ1) is 24.9. The van der Waals surface area contributed by atoms with E-state index in [1.165, 1.54) is 9.80 Å². The molecular weight excluding hydrogens is 456 g/mol. The number of ether oxygens (including phenoxy) is 1. The van der Waals surface area contributed by atoms with Crippen molar-refractivity contribution in [3.8, 4) is 5.75 Å². The Kier molecular flexibility index (Phi) is 7.95. The van der Waals surface area contributed by atoms with Gasteiger partial charge < -0.3 is 15.0 Å². The van der Waals surface area contributed by atoms with Gasteiger partial charge in [0.15, 0.2) is 0 Å². The van der Waals surface area contributed by atoms with Crippen LogP contribution in [0.5, 0.6) is 5.75 Å². The number of aromatic nitrogens is 1. The molecule has 1 atom stereocenters. The molecule has 1 aliphatic heterocycles. The number of urea groups is 1. The maximum Gasteiger partial charge on any atom is 0.332 e. The van der Waals surface area contributed by atoms with Crippen LogP contribution in [-0.2, 0) is 16.0 Å². The molecule has 1 aliphatic rings. The van der Waals surface area contributed by atoms with Gasteiger partial charge in [0.1, 0.15) is 11.8 Å². The molecule has 0 bridgehead atoms. The highest BCUT2D eigenvalue weighted by atomic mass is 16.5. The van der Waals surface area contributed by atoms with Crippen LogP contribution in [-0.4, -0.2) is 46.9 Å². The van der Waals surface area contributed by atoms with Crippen molar-refractivity contribution in [3.63, 3.8) is 0 Å². The van der Waals surface area contributed by atoms with Gasteiger partial charge >= 0.3 is 6.03 Å². The lowest BCUT2D eigenvalue weighted by atomic mass is 10.1. The highest BCUT2D eigenvalue weighted by Gasteiger charge is 2.46. The second kappa shape index (κ2) is 11.5. The molecule has 2 aromatic carbocycles. The number of benzene rings is 2. The van der Waals surface area contributed by atoms with Crippen molar-refractivity contribution in [2.75, 3.05) is 23.4 Å². The number of hydrogen-bond donors (Lipinski definition) is 1. The first-order valence-electron chi connectivity index (χ1n) is 12.1. The fourth-order valence-electron chi connectivity index (χ4n) is 4.06. The van der Waals surface area contributed by atoms with Crippen LogP contribution in [0.1, 0.15) is 30.9 Å². The van der Waals surface area contributed by atoms with Crippen LogP contribution in [0.2, 0.25) is 0 Å². The summed E-state index contributed by atoms with van der Waals surface area (Å²) in [5.74, 6) is -0.0254. The normalized spacial score (nSPS) is 15.3. The maximum atomic E-state index is 13.4. The lowest BCUT2D eigenvalue weighted by Crippen LogP contribution is -2.39. The first-order valence-corrected chi connectivity index (χ1v) is 12.1. The molecule has 1 fully saturated rings. The summed E-state index contributed by atoms with van der Waals surface area (Å²) >= 11 is 0. The lowest BCUT2D eigenvalue weighted by Gasteiger charge is -2.21. The summed E-state index contributed by atoms with van der Waals surface area (Å²) in [6, 6.07) is 16.7. The van der Waals surface area contributed by atoms with E-state index in [9.17, 15) is 14.4 Å². The average Bonchev–Trinajstić information content (AvgIpc) is 3.12. The Morgan fingerprint density at radius 1 is 1.00 bits per heavy atom. The van der Waals surface area contributed by atoms with E-state index in [1.807, 2.05) is 38.1 Å². The van der Waals surface area contributed by atoms with Gasteiger partial charge in [-0.2, -0.15) is 0 Å². The van der Waals surface area contributed by atoms with Gasteiger partial charge in [-0.05, 0) is 73.9 Å². The third kappa shape index (κ3) is 5.89. The van der Waals surface area contributed by atoms with E-state index in [4.69, 9.17) is 4.74 Å². The molecule has 0 aliphatic carbocycles. The van der Waals surface area contributed by atoms with Crippen LogP contribution < -0.4 is 15.0 Å². The zero-order chi connectivity index (χ0) is 25.5. The smallest absolute Gasteiger partial charge is 0.332 e. The molecule has 0 radical (unpaired) electrons. The Labute approximate surface area is 210 Å². The van der Waals surface area contributed by atoms with E-state index in [2.05, 4.69) is 10.3 Å². The Hall–Kier alpha value is -4.20. The monoisotopic (exact) mass is 486 g/mol. The lowest BCUT2D eigenvalue weighted by molar-refractivity contribution is -0.124. The van der Waals surface area contributed by atoms with Crippen molar-refractivity contribution in [2.45, 2.75) is 39.2 Å². The number of aryl methyl sites for hydroxylation is 1. The third-order valence-corrected chi connectivity index (χ3v) is 5.99. The van der Waals surface area contributed by atoms with E-state index in [1.54, 1.807) is 48.8 Å². The fourth-order valence-corrected chi connectivity index (χ4v) is 4.06. The van der Waals surface area contributed by atoms with Crippen LogP contribution in [0.25, 0.3) is 0 Å². The summed E-state index contributed by atoms with van der Waals surface area (Å²) in [5.41, 5.74) is 3.11. The molecule has 0 unspecified atom stereocenters. The van der Waals surface area contributed by atoms with Crippen molar-refractivity contribution in [3.05, 3.63) is 84.2 Å². The van der Waals surface area contributed by atoms with Crippen LogP contribution >= 0.6 is 0 Å². The molecule has 4 rings (SSSR count). The molecule has 3 aromatic rings. The number of imide groups is 1. The summed E-state index contributed by atoms with van der Waals surface area (Å²) in [4.78, 5) is 46.4. The number of nitrogens with one attached hydrogen (secondary N) is 1. The Bertz CT molecular complexity index is 1200. The SMILES string of the molecule is CCCOc1ccc(NC(=O)C[C@@H]2C(=O)N(c3ccc(C)cc3)C(=O)N2CCc2ccncc2)cc1. The quantitative estimate of drug-likeness (QED) is 0.423. The van der Waals surface area contributed by atoms with Gasteiger partial charge in [0.05, 0.1) is 18.7 Å². The zero-order valence-electron chi connectivity index (χ0n) is 20.5. The summed E-state index contributed by atoms with van der Waals surface area (Å²) in [6.45, 7) is 4.90. The molecule has 8 nitrogen and oxygen atoms in total. The minimum atomic E-state index is -0.896. The number of rotatable bonds is 10. The molecule has 36 heavy (non-hydrogen) atoms. The second-order valence-electron chi connectivity index (χ2n) is 8.73. The van der Waals surface area contributed by atoms with Crippen LogP contribution in [0.15, 0.2) is 73.1 Å². The van der Waals surface area contributed by atoms with Gasteiger partial charge in [0, 0.05) is 24.6 Å². The molecule has 1 N–H and O–H groups in total. The van der Waals surface area contributed by atoms with Crippen LogP contribution in [0.3, 0.4) is 0 Å². The minimum absolute atomic E-state index is 0.142. The Morgan fingerprint density at radius 3 is 2.36 bits per heavy atom. The van der Waals surface area contributed by atoms with Gasteiger partial charge in [-0.3, -0.25) is 14.6 Å². The molecule has 1 saturated heterocycles. The Morgan fingerprint density at radius 2 is 1.69 bits per heavy atom. The number of nitrogens with zero attached hydrogens (tertiary/aromatic N) is 3. The number of carbonyl (C=O) groups is 3. The summed E-state index contributed by atoms with van der Waals surface area (Å²) in [5, 5.41) is 2.83. The number of carbonyl (C=O) groups excluding carboxylic acids is 3. The second-order valence-corrected chi connectivity index (χ2v) is 8.73. The largest absolute Gasteiger partial charge is 0.494 e. The highest BCUT2D eigenvalue weighted by Crippen LogP contribution is 2.28. The number of pyridine rings is 1. The fraction of sp³-hybridized carbons (Fsp3) is 0.286. The molecule has 186 valence electrons. The molecule has 0 spiro atoms. The molecule has 1 aromatic heterocycles. The van der Waals surface area contributed by atoms with Gasteiger partial charge in [-0.25, -0.2) is 9.69 Å². The van der Waals surface area contributed by atoms with Crippen molar-refractivity contribution < 1.29 is 19.1 Å². The van der Waals surface area contributed by atoms with Gasteiger partial charge in [-0.1, -0.05) is 24.6 Å². The van der Waals surface area contributed by atoms with Gasteiger partial charge in [0.2, 0.25) is 5.91 Å². The molecular formula is C28H30N4O4. The predicted molar refractivity (Wildman–Crippen MR) is 138 cm³/mol. The van der Waals surface area contributed by atoms with E-state index in [0.29, 0.717) is 30.9 Å². The average molecular weight is 487 g/mol. The molecule has 8 heteroatoms. The number of hydrogen-bond acceptors (Lipinski definition) is 5. The van der Waals surface area contributed by atoms with E-state index >= 15 is 0 Å². The van der Waals surface area contributed by atoms with Crippen molar-refractivity contribution in [1.29, 1.82) is 0 Å². The number of amides is 4.